The molecule has 1 fully saturated rings. The maximum absolute atomic E-state index is 12.4. The first-order chi connectivity index (χ1) is 9.63. The van der Waals surface area contributed by atoms with Crippen LogP contribution in [0.5, 0.6) is 0 Å². The molecule has 20 heavy (non-hydrogen) atoms. The van der Waals surface area contributed by atoms with E-state index >= 15 is 0 Å². The number of hydrogen-bond acceptors (Lipinski definition) is 5. The van der Waals surface area contributed by atoms with Gasteiger partial charge >= 0.3 is 0 Å². The van der Waals surface area contributed by atoms with Crippen molar-refractivity contribution < 1.29 is 14.5 Å². The number of nitrogens with zero attached hydrogens (tertiary/aromatic N) is 2. The predicted molar refractivity (Wildman–Crippen MR) is 74.0 cm³/mol. The van der Waals surface area contributed by atoms with Gasteiger partial charge in [-0.3, -0.25) is 14.9 Å². The maximum atomic E-state index is 12.4. The summed E-state index contributed by atoms with van der Waals surface area (Å²) >= 11 is 0. The lowest BCUT2D eigenvalue weighted by atomic mass is 10.1. The van der Waals surface area contributed by atoms with Crippen LogP contribution in [0.2, 0.25) is 0 Å². The minimum atomic E-state index is -0.472. The number of nitrogens with one attached hydrogen (secondary N) is 1. The molecule has 108 valence electrons. The van der Waals surface area contributed by atoms with Crippen molar-refractivity contribution in [3.63, 3.8) is 0 Å². The number of carbonyl (C=O) groups is 1. The highest BCUT2D eigenvalue weighted by atomic mass is 16.6. The molecule has 0 aliphatic carbocycles. The quantitative estimate of drug-likeness (QED) is 0.669. The van der Waals surface area contributed by atoms with E-state index in [1.807, 2.05) is 0 Å². The van der Waals surface area contributed by atoms with Gasteiger partial charge in [-0.2, -0.15) is 0 Å². The van der Waals surface area contributed by atoms with Crippen molar-refractivity contribution in [3.05, 3.63) is 33.9 Å². The minimum Gasteiger partial charge on any atom is -0.383 e. The highest BCUT2D eigenvalue weighted by molar-refractivity contribution is 5.96. The van der Waals surface area contributed by atoms with Crippen LogP contribution in [-0.2, 0) is 4.74 Å². The summed E-state index contributed by atoms with van der Waals surface area (Å²) < 4.78 is 5.31. The van der Waals surface area contributed by atoms with Crippen molar-refractivity contribution in [1.82, 2.24) is 4.90 Å². The van der Waals surface area contributed by atoms with Crippen LogP contribution < -0.4 is 5.32 Å². The standard InChI is InChI=1S/C13H17N3O4/c1-14-11-9-10(3-4-12(11)16(18)19)13(17)15-5-2-7-20-8-6-15/h3-4,9,14H,2,5-8H2,1H3. The molecular weight excluding hydrogens is 262 g/mol. The molecule has 0 radical (unpaired) electrons. The second-order valence-electron chi connectivity index (χ2n) is 4.50. The van der Waals surface area contributed by atoms with E-state index in [0.717, 1.165) is 6.42 Å². The molecule has 1 amide bonds. The van der Waals surface area contributed by atoms with Gasteiger partial charge in [0.05, 0.1) is 11.5 Å². The minimum absolute atomic E-state index is 0.0387. The summed E-state index contributed by atoms with van der Waals surface area (Å²) in [5.41, 5.74) is 0.747. The van der Waals surface area contributed by atoms with Crippen molar-refractivity contribution in [3.8, 4) is 0 Å². The van der Waals surface area contributed by atoms with Gasteiger partial charge in [-0.25, -0.2) is 0 Å². The van der Waals surface area contributed by atoms with Crippen LogP contribution in [0.25, 0.3) is 0 Å². The number of anilines is 1. The fourth-order valence-electron chi connectivity index (χ4n) is 2.16. The van der Waals surface area contributed by atoms with Crippen LogP contribution in [0.15, 0.2) is 18.2 Å². The normalized spacial score (nSPS) is 15.6. The first-order valence-electron chi connectivity index (χ1n) is 6.46. The number of amides is 1. The Kier molecular flexibility index (Phi) is 4.52. The Morgan fingerprint density at radius 1 is 1.40 bits per heavy atom. The van der Waals surface area contributed by atoms with Crippen molar-refractivity contribution in [2.75, 3.05) is 38.7 Å². The van der Waals surface area contributed by atoms with Crippen LogP contribution in [0.1, 0.15) is 16.8 Å². The van der Waals surface area contributed by atoms with E-state index in [-0.39, 0.29) is 11.6 Å². The van der Waals surface area contributed by atoms with E-state index in [1.165, 1.54) is 18.2 Å². The SMILES string of the molecule is CNc1cc(C(=O)N2CCCOCC2)ccc1[N+](=O)[O-]. The lowest BCUT2D eigenvalue weighted by Gasteiger charge is -2.19. The van der Waals surface area contributed by atoms with Gasteiger partial charge in [0.25, 0.3) is 11.6 Å². The largest absolute Gasteiger partial charge is 0.383 e. The first-order valence-corrected chi connectivity index (χ1v) is 6.46. The van der Waals surface area contributed by atoms with Crippen LogP contribution >= 0.6 is 0 Å². The number of benzene rings is 1. The summed E-state index contributed by atoms with van der Waals surface area (Å²) in [5.74, 6) is -0.123. The van der Waals surface area contributed by atoms with E-state index in [1.54, 1.807) is 11.9 Å². The van der Waals surface area contributed by atoms with Gasteiger partial charge in [0.15, 0.2) is 0 Å². The third-order valence-corrected chi connectivity index (χ3v) is 3.22. The molecule has 0 spiro atoms. The number of ether oxygens (including phenoxy) is 1. The molecular formula is C13H17N3O4. The summed E-state index contributed by atoms with van der Waals surface area (Å²) in [6.07, 6.45) is 0.803. The van der Waals surface area contributed by atoms with Gasteiger partial charge in [0.2, 0.25) is 0 Å². The molecule has 0 bridgehead atoms. The van der Waals surface area contributed by atoms with Crippen LogP contribution in [0.3, 0.4) is 0 Å². The highest BCUT2D eigenvalue weighted by Gasteiger charge is 2.20. The summed E-state index contributed by atoms with van der Waals surface area (Å²) in [6, 6.07) is 4.37. The molecule has 1 aliphatic heterocycles. The topological polar surface area (TPSA) is 84.7 Å². The van der Waals surface area contributed by atoms with Gasteiger partial charge in [-0.1, -0.05) is 0 Å². The highest BCUT2D eigenvalue weighted by Crippen LogP contribution is 2.25. The van der Waals surface area contributed by atoms with E-state index in [2.05, 4.69) is 5.32 Å². The second-order valence-corrected chi connectivity index (χ2v) is 4.50. The molecule has 1 saturated heterocycles. The van der Waals surface area contributed by atoms with Crippen LogP contribution in [0.4, 0.5) is 11.4 Å². The summed E-state index contributed by atoms with van der Waals surface area (Å²) in [7, 11) is 1.59. The van der Waals surface area contributed by atoms with Gasteiger partial charge in [0, 0.05) is 38.4 Å². The van der Waals surface area contributed by atoms with Crippen LogP contribution in [0, 0.1) is 10.1 Å². The second kappa shape index (κ2) is 6.33. The monoisotopic (exact) mass is 279 g/mol. The Morgan fingerprint density at radius 2 is 2.20 bits per heavy atom. The number of nitro groups is 1. The molecule has 0 unspecified atom stereocenters. The average molecular weight is 279 g/mol. The molecule has 2 rings (SSSR count). The molecule has 1 aromatic carbocycles. The third-order valence-electron chi connectivity index (χ3n) is 3.22. The third kappa shape index (κ3) is 3.05. The summed E-state index contributed by atoms with van der Waals surface area (Å²) in [6.45, 7) is 2.37. The molecule has 0 aromatic heterocycles. The van der Waals surface area contributed by atoms with Gasteiger partial charge < -0.3 is 15.0 Å². The smallest absolute Gasteiger partial charge is 0.292 e. The zero-order valence-electron chi connectivity index (χ0n) is 11.3. The van der Waals surface area contributed by atoms with Gasteiger partial charge in [0.1, 0.15) is 5.69 Å². The fourth-order valence-corrected chi connectivity index (χ4v) is 2.16. The lowest BCUT2D eigenvalue weighted by molar-refractivity contribution is -0.383. The number of carbonyl (C=O) groups excluding carboxylic acids is 1. The number of hydrogen-bond donors (Lipinski definition) is 1. The molecule has 1 aromatic rings. The number of nitro benzene ring substituents is 1. The Bertz CT molecular complexity index is 510. The fraction of sp³-hybridized carbons (Fsp3) is 0.462. The summed E-state index contributed by atoms with van der Waals surface area (Å²) in [5, 5.41) is 13.6. The van der Waals surface area contributed by atoms with E-state index < -0.39 is 4.92 Å². The van der Waals surface area contributed by atoms with E-state index in [4.69, 9.17) is 4.74 Å². The molecule has 1 N–H and O–H groups in total. The molecule has 0 saturated carbocycles. The first kappa shape index (κ1) is 14.3. The van der Waals surface area contributed by atoms with E-state index in [0.29, 0.717) is 37.6 Å². The van der Waals surface area contributed by atoms with Crippen molar-refractivity contribution in [1.29, 1.82) is 0 Å². The zero-order chi connectivity index (χ0) is 14.5. The zero-order valence-corrected chi connectivity index (χ0v) is 11.3. The van der Waals surface area contributed by atoms with Crippen molar-refractivity contribution >= 4 is 17.3 Å². The number of rotatable bonds is 3. The van der Waals surface area contributed by atoms with Crippen molar-refractivity contribution in [2.24, 2.45) is 0 Å². The van der Waals surface area contributed by atoms with Gasteiger partial charge in [-0.15, -0.1) is 0 Å². The van der Waals surface area contributed by atoms with Crippen molar-refractivity contribution in [2.45, 2.75) is 6.42 Å². The summed E-state index contributed by atoms with van der Waals surface area (Å²) in [4.78, 5) is 24.5. The average Bonchev–Trinajstić information content (AvgIpc) is 2.74. The Hall–Kier alpha value is -2.15. The molecule has 1 aliphatic rings. The predicted octanol–water partition coefficient (Wildman–Crippen LogP) is 1.50. The van der Waals surface area contributed by atoms with E-state index in [9.17, 15) is 14.9 Å². The molecule has 7 nitrogen and oxygen atoms in total. The Labute approximate surface area is 116 Å². The van der Waals surface area contributed by atoms with Crippen LogP contribution in [-0.4, -0.2) is 49.1 Å². The molecule has 1 heterocycles. The maximum Gasteiger partial charge on any atom is 0.292 e. The van der Waals surface area contributed by atoms with Gasteiger partial charge in [-0.05, 0) is 18.6 Å². The molecule has 7 heteroatoms. The lowest BCUT2D eigenvalue weighted by Crippen LogP contribution is -2.33. The Balaban J connectivity index is 2.23. The molecule has 0 atom stereocenters. The Morgan fingerprint density at radius 3 is 2.90 bits per heavy atom.